The molecule has 2 fully saturated rings. The minimum absolute atomic E-state index is 0.00581. The molecule has 2 heterocycles. The van der Waals surface area contributed by atoms with Gasteiger partial charge in [-0.3, -0.25) is 13.8 Å². The third kappa shape index (κ3) is 15.6. The predicted octanol–water partition coefficient (Wildman–Crippen LogP) is 1.14. The molecule has 302 valence electrons. The lowest BCUT2D eigenvalue weighted by Crippen LogP contribution is -2.64. The average molecular weight is 786 g/mol. The Balaban J connectivity index is 1.29. The standard InChI is InChI=1S/C34H53BN3O15P/c1-22(40)38-27-29(42)28(41)25(19-39)52-32(27)48-18-12-11-17-37-33(43)36-16-10-5-3-4-9-15-24-30(53-54(45,46)47-2)26(51-31(24)35)21-50-34(44)49-20-23-13-7-6-8-14-23/h4,6-9,13-14,24-32,39,41-42H,3,5,10-12,15-21H2,1-2H3,(H,38,40)(H,45,46)(H2,36,37,43)/b9-4+/t24-,25+,26+,27+,28-,29+,30?,31+,32+/m0/s1. The number of carbonyl (C=O) groups excluding carboxylic acids is 3. The van der Waals surface area contributed by atoms with Crippen molar-refractivity contribution >= 4 is 33.8 Å². The molecule has 1 aromatic rings. The minimum atomic E-state index is -4.43. The number of carbonyl (C=O) groups is 3. The van der Waals surface area contributed by atoms with Crippen LogP contribution in [0.5, 0.6) is 0 Å². The van der Waals surface area contributed by atoms with Gasteiger partial charge in [-0.2, -0.15) is 0 Å². The molecule has 2 aliphatic rings. The Hall–Kier alpha value is -3.10. The smallest absolute Gasteiger partial charge is 0.431 e. The summed E-state index contributed by atoms with van der Waals surface area (Å²) in [5.41, 5.74) is 0.772. The summed E-state index contributed by atoms with van der Waals surface area (Å²) in [5, 5.41) is 37.9. The van der Waals surface area contributed by atoms with Gasteiger partial charge in [0.15, 0.2) is 6.29 Å². The summed E-state index contributed by atoms with van der Waals surface area (Å²) < 4.78 is 49.4. The van der Waals surface area contributed by atoms with E-state index in [0.29, 0.717) is 45.2 Å². The molecule has 7 N–H and O–H groups in total. The van der Waals surface area contributed by atoms with Gasteiger partial charge in [0, 0.05) is 45.7 Å². The first-order valence-corrected chi connectivity index (χ1v) is 19.3. The molecule has 3 rings (SSSR count). The first-order valence-electron chi connectivity index (χ1n) is 17.8. The molecule has 2 aliphatic heterocycles. The number of ether oxygens (including phenoxy) is 5. The molecule has 3 amide bonds. The number of aliphatic hydroxyl groups is 3. The summed E-state index contributed by atoms with van der Waals surface area (Å²) in [6.45, 7) is 1.41. The average Bonchev–Trinajstić information content (AvgIpc) is 3.43. The molecule has 2 unspecified atom stereocenters. The lowest BCUT2D eigenvalue weighted by atomic mass is 9.82. The van der Waals surface area contributed by atoms with E-state index in [9.17, 15) is 39.2 Å². The van der Waals surface area contributed by atoms with Crippen LogP contribution in [-0.2, 0) is 48.7 Å². The number of allylic oxidation sites excluding steroid dienone is 2. The summed E-state index contributed by atoms with van der Waals surface area (Å²) in [6.07, 6.45) is -0.435. The van der Waals surface area contributed by atoms with Crippen molar-refractivity contribution in [1.29, 1.82) is 0 Å². The third-order valence-corrected chi connectivity index (χ3v) is 9.61. The molecular weight excluding hydrogens is 732 g/mol. The molecule has 1 aromatic carbocycles. The van der Waals surface area contributed by atoms with Gasteiger partial charge in [-0.15, -0.1) is 0 Å². The van der Waals surface area contributed by atoms with Crippen LogP contribution in [0.2, 0.25) is 0 Å². The number of aliphatic hydroxyl groups excluding tert-OH is 3. The predicted molar refractivity (Wildman–Crippen MR) is 192 cm³/mol. The largest absolute Gasteiger partial charge is 0.508 e. The molecular formula is C34H53BN3O15P. The molecule has 0 bridgehead atoms. The normalized spacial score (nSPS) is 27.9. The second kappa shape index (κ2) is 23.7. The van der Waals surface area contributed by atoms with E-state index in [0.717, 1.165) is 19.1 Å². The van der Waals surface area contributed by atoms with Crippen LogP contribution >= 0.6 is 7.82 Å². The molecule has 0 aliphatic carbocycles. The Morgan fingerprint density at radius 1 is 0.963 bits per heavy atom. The number of phosphoric acid groups is 1. The highest BCUT2D eigenvalue weighted by Crippen LogP contribution is 2.48. The summed E-state index contributed by atoms with van der Waals surface area (Å²) in [4.78, 5) is 45.8. The van der Waals surface area contributed by atoms with E-state index in [1.165, 1.54) is 6.92 Å². The van der Waals surface area contributed by atoms with Crippen molar-refractivity contribution in [3.63, 3.8) is 0 Å². The number of hydrogen-bond donors (Lipinski definition) is 7. The molecule has 18 nitrogen and oxygen atoms in total. The van der Waals surface area contributed by atoms with E-state index in [1.54, 1.807) is 12.1 Å². The van der Waals surface area contributed by atoms with Crippen LogP contribution in [-0.4, -0.2) is 135 Å². The van der Waals surface area contributed by atoms with Gasteiger partial charge >= 0.3 is 20.0 Å². The van der Waals surface area contributed by atoms with Crippen LogP contribution in [0, 0.1) is 5.92 Å². The zero-order valence-electron chi connectivity index (χ0n) is 30.5. The van der Waals surface area contributed by atoms with E-state index < -0.39 is 81.3 Å². The zero-order chi connectivity index (χ0) is 39.5. The van der Waals surface area contributed by atoms with Gasteiger partial charge < -0.3 is 59.8 Å². The van der Waals surface area contributed by atoms with Crippen molar-refractivity contribution in [2.45, 2.75) is 101 Å². The maximum atomic E-state index is 12.3. The topological polar surface area (TPSA) is 250 Å². The van der Waals surface area contributed by atoms with Crippen LogP contribution in [0.4, 0.5) is 9.59 Å². The van der Waals surface area contributed by atoms with E-state index in [-0.39, 0.29) is 25.9 Å². The van der Waals surface area contributed by atoms with Gasteiger partial charge in [-0.05, 0) is 44.1 Å². The lowest BCUT2D eigenvalue weighted by molar-refractivity contribution is -0.270. The van der Waals surface area contributed by atoms with Crippen LogP contribution in [0.15, 0.2) is 42.5 Å². The van der Waals surface area contributed by atoms with E-state index >= 15 is 0 Å². The molecule has 2 radical (unpaired) electrons. The van der Waals surface area contributed by atoms with Gasteiger partial charge in [-0.25, -0.2) is 14.2 Å². The molecule has 0 aromatic heterocycles. The monoisotopic (exact) mass is 785 g/mol. The summed E-state index contributed by atoms with van der Waals surface area (Å²) in [6, 6.07) is 6.82. The van der Waals surface area contributed by atoms with Gasteiger partial charge in [-0.1, -0.05) is 42.5 Å². The Bertz CT molecular complexity index is 1360. The molecule has 0 spiro atoms. The van der Waals surface area contributed by atoms with Crippen LogP contribution < -0.4 is 16.0 Å². The summed E-state index contributed by atoms with van der Waals surface area (Å²) in [5.74, 6) is -0.993. The number of unbranched alkanes of at least 4 members (excludes halogenated alkanes) is 3. The molecule has 10 atom stereocenters. The van der Waals surface area contributed by atoms with Gasteiger partial charge in [0.2, 0.25) is 5.91 Å². The maximum Gasteiger partial charge on any atom is 0.508 e. The zero-order valence-corrected chi connectivity index (χ0v) is 31.4. The van der Waals surface area contributed by atoms with Crippen molar-refractivity contribution < 1.29 is 71.9 Å². The number of hydrogen-bond acceptors (Lipinski definition) is 14. The van der Waals surface area contributed by atoms with E-state index in [1.807, 2.05) is 30.4 Å². The summed E-state index contributed by atoms with van der Waals surface area (Å²) in [7, 11) is 2.78. The Morgan fingerprint density at radius 2 is 1.67 bits per heavy atom. The van der Waals surface area contributed by atoms with E-state index in [4.69, 9.17) is 36.1 Å². The Labute approximate surface area is 316 Å². The maximum absolute atomic E-state index is 12.3. The van der Waals surface area contributed by atoms with Crippen molar-refractivity contribution in [3.05, 3.63) is 48.0 Å². The highest BCUT2D eigenvalue weighted by molar-refractivity contribution is 7.47. The first-order chi connectivity index (χ1) is 25.8. The van der Waals surface area contributed by atoms with Crippen LogP contribution in [0.25, 0.3) is 0 Å². The Kier molecular flexibility index (Phi) is 19.9. The SMILES string of the molecule is [B][C@@H]1O[C@H](COC(=O)OCc2ccccc2)C(OP(=O)(O)OC)[C@@H]1C/C=C/CCCCNC(=O)NCCCCO[C@@H]1O[C@H](CO)[C@H](O)[C@H](O)[C@H]1NC(C)=O. The molecule has 0 saturated carbocycles. The molecule has 2 saturated heterocycles. The number of benzene rings is 1. The number of rotatable bonds is 22. The lowest BCUT2D eigenvalue weighted by Gasteiger charge is -2.42. The van der Waals surface area contributed by atoms with Crippen molar-refractivity contribution in [2.75, 3.05) is 40.0 Å². The fourth-order valence-electron chi connectivity index (χ4n) is 5.76. The quantitative estimate of drug-likeness (QED) is 0.0286. The first kappa shape index (κ1) is 45.3. The number of phosphoric ester groups is 1. The highest BCUT2D eigenvalue weighted by atomic mass is 31.2. The minimum Gasteiger partial charge on any atom is -0.431 e. The van der Waals surface area contributed by atoms with Crippen LogP contribution in [0.3, 0.4) is 0 Å². The highest BCUT2D eigenvalue weighted by Gasteiger charge is 2.47. The fourth-order valence-corrected chi connectivity index (χ4v) is 6.45. The van der Waals surface area contributed by atoms with Gasteiger partial charge in [0.25, 0.3) is 0 Å². The summed E-state index contributed by atoms with van der Waals surface area (Å²) >= 11 is 0. The third-order valence-electron chi connectivity index (χ3n) is 8.64. The Morgan fingerprint density at radius 3 is 2.33 bits per heavy atom. The molecule has 20 heteroatoms. The number of amides is 3. The van der Waals surface area contributed by atoms with Crippen molar-refractivity contribution in [2.24, 2.45) is 5.92 Å². The van der Waals surface area contributed by atoms with Gasteiger partial charge in [0.05, 0.1) is 6.61 Å². The molecule has 54 heavy (non-hydrogen) atoms. The fraction of sp³-hybridized carbons (Fsp3) is 0.676. The number of nitrogens with one attached hydrogen (secondary N) is 3. The second-order valence-corrected chi connectivity index (χ2v) is 14.3. The second-order valence-electron chi connectivity index (χ2n) is 12.8. The van der Waals surface area contributed by atoms with Gasteiger partial charge in [0.1, 0.15) is 57.6 Å². The van der Waals surface area contributed by atoms with Crippen molar-refractivity contribution in [1.82, 2.24) is 16.0 Å². The van der Waals surface area contributed by atoms with E-state index in [2.05, 4.69) is 20.5 Å². The van der Waals surface area contributed by atoms with Crippen molar-refractivity contribution in [3.8, 4) is 0 Å². The number of urea groups is 1. The van der Waals surface area contributed by atoms with Crippen LogP contribution in [0.1, 0.15) is 51.0 Å².